The summed E-state index contributed by atoms with van der Waals surface area (Å²) in [6, 6.07) is 9.36. The number of piperidine rings is 1. The van der Waals surface area contributed by atoms with E-state index in [-0.39, 0.29) is 18.0 Å². The highest BCUT2D eigenvalue weighted by molar-refractivity contribution is 7.30. The lowest BCUT2D eigenvalue weighted by atomic mass is 9.87. The van der Waals surface area contributed by atoms with E-state index in [1.165, 1.54) is 7.11 Å². The summed E-state index contributed by atoms with van der Waals surface area (Å²) >= 11 is 0. The van der Waals surface area contributed by atoms with Crippen LogP contribution in [0.25, 0.3) is 0 Å². The zero-order chi connectivity index (χ0) is 19.3. The first-order valence-electron chi connectivity index (χ1n) is 8.32. The largest absolute Gasteiger partial charge is 0.469 e. The summed E-state index contributed by atoms with van der Waals surface area (Å²) in [5, 5.41) is 0. The van der Waals surface area contributed by atoms with Crippen LogP contribution in [0.2, 0.25) is 0 Å². The molecule has 0 unspecified atom stereocenters. The van der Waals surface area contributed by atoms with Gasteiger partial charge in [0.15, 0.2) is 0 Å². The SMILES string of the molecule is COC(=O)[C@H]1[C@@H](OC(=O)c2ccccc2)C[C@@H]2CC[C@H]1N2C.O=[PH](O)O. The van der Waals surface area contributed by atoms with Crippen molar-refractivity contribution in [3.8, 4) is 0 Å². The molecule has 0 radical (unpaired) electrons. The Labute approximate surface area is 152 Å². The Bertz CT molecular complexity index is 650. The molecule has 2 aliphatic heterocycles. The van der Waals surface area contributed by atoms with E-state index in [1.807, 2.05) is 13.1 Å². The normalized spacial score (nSPS) is 27.4. The zero-order valence-corrected chi connectivity index (χ0v) is 15.7. The van der Waals surface area contributed by atoms with E-state index in [2.05, 4.69) is 4.90 Å². The molecular formula is C17H24NO7P. The van der Waals surface area contributed by atoms with Crippen LogP contribution in [0.4, 0.5) is 0 Å². The number of hydrogen-bond acceptors (Lipinski definition) is 6. The minimum absolute atomic E-state index is 0.0970. The van der Waals surface area contributed by atoms with E-state index in [0.717, 1.165) is 12.8 Å². The van der Waals surface area contributed by atoms with Gasteiger partial charge >= 0.3 is 20.2 Å². The molecule has 8 nitrogen and oxygen atoms in total. The number of carbonyl (C=O) groups excluding carboxylic acids is 2. The summed E-state index contributed by atoms with van der Waals surface area (Å²) in [5.74, 6) is -1.06. The summed E-state index contributed by atoms with van der Waals surface area (Å²) in [6.45, 7) is 0. The van der Waals surface area contributed by atoms with E-state index >= 15 is 0 Å². The molecule has 0 amide bonds. The Hall–Kier alpha value is -1.73. The minimum atomic E-state index is -3.13. The molecule has 1 aromatic rings. The van der Waals surface area contributed by atoms with Gasteiger partial charge in [-0.25, -0.2) is 4.79 Å². The molecule has 2 saturated heterocycles. The molecule has 26 heavy (non-hydrogen) atoms. The maximum atomic E-state index is 12.3. The molecule has 2 bridgehead atoms. The highest BCUT2D eigenvalue weighted by atomic mass is 31.1. The topological polar surface area (TPSA) is 113 Å². The molecule has 1 aromatic carbocycles. The Balaban J connectivity index is 0.000000552. The molecule has 9 heteroatoms. The molecule has 0 spiro atoms. The second-order valence-electron chi connectivity index (χ2n) is 6.34. The van der Waals surface area contributed by atoms with Gasteiger partial charge in [0.25, 0.3) is 0 Å². The molecule has 144 valence electrons. The first-order chi connectivity index (χ1) is 12.3. The molecule has 0 aromatic heterocycles. The van der Waals surface area contributed by atoms with Crippen molar-refractivity contribution < 1.29 is 33.4 Å². The fourth-order valence-corrected chi connectivity index (χ4v) is 3.77. The molecule has 4 atom stereocenters. The summed E-state index contributed by atoms with van der Waals surface area (Å²) in [5.41, 5.74) is 0.511. The number of carbonyl (C=O) groups is 2. The Morgan fingerprint density at radius 3 is 2.38 bits per heavy atom. The monoisotopic (exact) mass is 385 g/mol. The Morgan fingerprint density at radius 1 is 1.19 bits per heavy atom. The fraction of sp³-hybridized carbons (Fsp3) is 0.529. The third-order valence-electron chi connectivity index (χ3n) is 4.96. The first kappa shape index (κ1) is 20.6. The quantitative estimate of drug-likeness (QED) is 0.590. The predicted molar refractivity (Wildman–Crippen MR) is 93.8 cm³/mol. The van der Waals surface area contributed by atoms with Crippen LogP contribution in [-0.4, -0.2) is 59.0 Å². The number of fused-ring (bicyclic) bond motifs is 2. The Morgan fingerprint density at radius 2 is 1.81 bits per heavy atom. The number of nitrogens with zero attached hydrogens (tertiary/aromatic N) is 1. The minimum Gasteiger partial charge on any atom is -0.469 e. The maximum absolute atomic E-state index is 12.3. The molecular weight excluding hydrogens is 361 g/mol. The smallest absolute Gasteiger partial charge is 0.338 e. The third-order valence-corrected chi connectivity index (χ3v) is 4.96. The van der Waals surface area contributed by atoms with Crippen molar-refractivity contribution in [2.24, 2.45) is 5.92 Å². The molecule has 0 aliphatic carbocycles. The van der Waals surface area contributed by atoms with Crippen LogP contribution >= 0.6 is 8.25 Å². The van der Waals surface area contributed by atoms with Crippen LogP contribution in [0.15, 0.2) is 30.3 Å². The number of hydrogen-bond donors (Lipinski definition) is 2. The van der Waals surface area contributed by atoms with Crippen LogP contribution in [0.1, 0.15) is 29.6 Å². The summed E-state index contributed by atoms with van der Waals surface area (Å²) in [7, 11) is 0.294. The summed E-state index contributed by atoms with van der Waals surface area (Å²) in [4.78, 5) is 41.0. The second kappa shape index (κ2) is 9.28. The highest BCUT2D eigenvalue weighted by Crippen LogP contribution is 2.40. The van der Waals surface area contributed by atoms with Crippen molar-refractivity contribution >= 4 is 20.2 Å². The average Bonchev–Trinajstić information content (AvgIpc) is 2.85. The number of benzene rings is 1. The van der Waals surface area contributed by atoms with E-state index in [9.17, 15) is 9.59 Å². The second-order valence-corrected chi connectivity index (χ2v) is 6.91. The van der Waals surface area contributed by atoms with Gasteiger partial charge in [0.2, 0.25) is 0 Å². The van der Waals surface area contributed by atoms with Crippen LogP contribution in [0.3, 0.4) is 0 Å². The molecule has 3 rings (SSSR count). The van der Waals surface area contributed by atoms with Gasteiger partial charge in [0.05, 0.1) is 12.7 Å². The van der Waals surface area contributed by atoms with Gasteiger partial charge in [-0.3, -0.25) is 14.3 Å². The van der Waals surface area contributed by atoms with Crippen LogP contribution in [0.5, 0.6) is 0 Å². The molecule has 2 heterocycles. The lowest BCUT2D eigenvalue weighted by molar-refractivity contribution is -0.156. The predicted octanol–water partition coefficient (Wildman–Crippen LogP) is 1.23. The van der Waals surface area contributed by atoms with Gasteiger partial charge in [-0.05, 0) is 32.0 Å². The van der Waals surface area contributed by atoms with Gasteiger partial charge in [-0.1, -0.05) is 18.2 Å². The van der Waals surface area contributed by atoms with Crippen LogP contribution in [-0.2, 0) is 18.8 Å². The van der Waals surface area contributed by atoms with E-state index in [0.29, 0.717) is 18.0 Å². The fourth-order valence-electron chi connectivity index (χ4n) is 3.77. The molecule has 2 N–H and O–H groups in total. The average molecular weight is 385 g/mol. The lowest BCUT2D eigenvalue weighted by Gasteiger charge is -2.40. The van der Waals surface area contributed by atoms with Crippen LogP contribution < -0.4 is 0 Å². The number of methoxy groups -OCH3 is 1. The number of rotatable bonds is 3. The van der Waals surface area contributed by atoms with Gasteiger partial charge in [0, 0.05) is 18.5 Å². The van der Waals surface area contributed by atoms with Crippen molar-refractivity contribution in [2.45, 2.75) is 37.5 Å². The van der Waals surface area contributed by atoms with Gasteiger partial charge < -0.3 is 19.3 Å². The van der Waals surface area contributed by atoms with Gasteiger partial charge in [-0.2, -0.15) is 0 Å². The Kier molecular flexibility index (Phi) is 7.34. The summed E-state index contributed by atoms with van der Waals surface area (Å²) < 4.78 is 19.4. The van der Waals surface area contributed by atoms with E-state index in [1.54, 1.807) is 24.3 Å². The van der Waals surface area contributed by atoms with Crippen molar-refractivity contribution in [1.29, 1.82) is 0 Å². The van der Waals surface area contributed by atoms with Crippen molar-refractivity contribution in [1.82, 2.24) is 4.90 Å². The first-order valence-corrected chi connectivity index (χ1v) is 9.63. The molecule has 2 fully saturated rings. The van der Waals surface area contributed by atoms with E-state index in [4.69, 9.17) is 23.8 Å². The molecule has 0 saturated carbocycles. The number of esters is 2. The van der Waals surface area contributed by atoms with Gasteiger partial charge in [0.1, 0.15) is 12.0 Å². The van der Waals surface area contributed by atoms with Crippen molar-refractivity contribution in [2.75, 3.05) is 14.2 Å². The van der Waals surface area contributed by atoms with Crippen LogP contribution in [0, 0.1) is 5.92 Å². The summed E-state index contributed by atoms with van der Waals surface area (Å²) in [6.07, 6.45) is 2.26. The third kappa shape index (κ3) is 4.92. The maximum Gasteiger partial charge on any atom is 0.338 e. The standard InChI is InChI=1S/C17H21NO4.H3O3P/c1-18-12-8-9-13(18)15(17(20)21-2)14(10-12)22-16(19)11-6-4-3-5-7-11;1-4(2)3/h3-7,12-15H,8-10H2,1-2H3;4H,(H2,1,2,3)/t12-,13+,14-,15+;/m0./s1. The van der Waals surface area contributed by atoms with Gasteiger partial charge in [-0.15, -0.1) is 0 Å². The molecule has 2 aliphatic rings. The van der Waals surface area contributed by atoms with Crippen molar-refractivity contribution in [3.05, 3.63) is 35.9 Å². The van der Waals surface area contributed by atoms with Crippen molar-refractivity contribution in [3.63, 3.8) is 0 Å². The van der Waals surface area contributed by atoms with E-state index < -0.39 is 20.3 Å². The highest BCUT2D eigenvalue weighted by Gasteiger charge is 2.50. The number of ether oxygens (including phenoxy) is 2. The zero-order valence-electron chi connectivity index (χ0n) is 14.7. The lowest BCUT2D eigenvalue weighted by Crippen LogP contribution is -2.53.